The van der Waals surface area contributed by atoms with Crippen LogP contribution in [0.3, 0.4) is 0 Å². The van der Waals surface area contributed by atoms with Crippen molar-refractivity contribution in [2.24, 2.45) is 0 Å². The van der Waals surface area contributed by atoms with Gasteiger partial charge < -0.3 is 9.84 Å². The highest BCUT2D eigenvalue weighted by Crippen LogP contribution is 2.42. The monoisotopic (exact) mass is 321 g/mol. The Morgan fingerprint density at radius 3 is 2.82 bits per heavy atom. The number of hydrogen-bond donors (Lipinski definition) is 2. The Hall–Kier alpha value is -1.96. The molecule has 0 saturated heterocycles. The molecule has 0 unspecified atom stereocenters. The maximum Gasteiger partial charge on any atom is 0.321 e. The summed E-state index contributed by atoms with van der Waals surface area (Å²) >= 11 is 1.55. The predicted molar refractivity (Wildman–Crippen MR) is 83.1 cm³/mol. The van der Waals surface area contributed by atoms with Crippen molar-refractivity contribution >= 4 is 22.5 Å². The van der Waals surface area contributed by atoms with Gasteiger partial charge in [0.25, 0.3) is 0 Å². The lowest BCUT2D eigenvalue weighted by molar-refractivity contribution is 0.245. The number of aromatic nitrogens is 3. The molecule has 0 bridgehead atoms. The van der Waals surface area contributed by atoms with Crippen LogP contribution in [-0.2, 0) is 11.8 Å². The van der Waals surface area contributed by atoms with E-state index >= 15 is 0 Å². The third-order valence-electron chi connectivity index (χ3n) is 3.80. The largest absolute Gasteiger partial charge is 0.337 e. The molecule has 0 radical (unpaired) electrons. The summed E-state index contributed by atoms with van der Waals surface area (Å²) in [4.78, 5) is 22.0. The molecule has 2 aromatic heterocycles. The van der Waals surface area contributed by atoms with E-state index in [1.807, 2.05) is 0 Å². The first-order valence-corrected chi connectivity index (χ1v) is 8.05. The van der Waals surface area contributed by atoms with Gasteiger partial charge in [0.15, 0.2) is 11.0 Å². The minimum absolute atomic E-state index is 0.0941. The van der Waals surface area contributed by atoms with E-state index in [1.165, 1.54) is 4.88 Å². The van der Waals surface area contributed by atoms with Crippen LogP contribution in [0.4, 0.5) is 9.93 Å². The van der Waals surface area contributed by atoms with Crippen LogP contribution in [0.15, 0.2) is 4.52 Å². The molecular weight excluding hydrogens is 302 g/mol. The molecule has 7 nitrogen and oxygen atoms in total. The van der Waals surface area contributed by atoms with Crippen molar-refractivity contribution in [1.82, 2.24) is 20.4 Å². The van der Waals surface area contributed by atoms with Gasteiger partial charge in [-0.1, -0.05) is 19.0 Å². The summed E-state index contributed by atoms with van der Waals surface area (Å²) < 4.78 is 5.04. The van der Waals surface area contributed by atoms with Crippen LogP contribution < -0.4 is 10.6 Å². The number of thiazole rings is 1. The lowest BCUT2D eigenvalue weighted by Crippen LogP contribution is -2.31. The number of carbonyl (C=O) groups excluding carboxylic acids is 1. The Bertz CT molecular complexity index is 706. The van der Waals surface area contributed by atoms with Crippen LogP contribution in [0.2, 0.25) is 0 Å². The Morgan fingerprint density at radius 2 is 2.18 bits per heavy atom. The second kappa shape index (κ2) is 5.35. The summed E-state index contributed by atoms with van der Waals surface area (Å²) in [6.07, 6.45) is 2.14. The predicted octanol–water partition coefficient (Wildman–Crippen LogP) is 2.94. The molecular formula is C14H19N5O2S. The molecule has 0 fully saturated rings. The lowest BCUT2D eigenvalue weighted by Gasteiger charge is -2.15. The smallest absolute Gasteiger partial charge is 0.321 e. The first-order valence-electron chi connectivity index (χ1n) is 7.23. The number of urea groups is 1. The van der Waals surface area contributed by atoms with Crippen molar-refractivity contribution in [1.29, 1.82) is 0 Å². The van der Waals surface area contributed by atoms with Crippen LogP contribution in [0.1, 0.15) is 55.5 Å². The molecule has 8 heteroatoms. The SMILES string of the molecule is Cc1noc([C@H](C)NC(=O)Nc2nc3c(s2)CCC3(C)C)n1. The fraction of sp³-hybridized carbons (Fsp3) is 0.571. The summed E-state index contributed by atoms with van der Waals surface area (Å²) in [5.41, 5.74) is 1.20. The first kappa shape index (κ1) is 15.0. The van der Waals surface area contributed by atoms with Gasteiger partial charge in [-0.25, -0.2) is 9.78 Å². The second-order valence-electron chi connectivity index (χ2n) is 6.17. The fourth-order valence-electron chi connectivity index (χ4n) is 2.53. The third kappa shape index (κ3) is 2.83. The van der Waals surface area contributed by atoms with Gasteiger partial charge in [-0.15, -0.1) is 11.3 Å². The number of nitrogens with one attached hydrogen (secondary N) is 2. The van der Waals surface area contributed by atoms with Gasteiger partial charge in [0, 0.05) is 10.3 Å². The Kier molecular flexibility index (Phi) is 3.64. The average molecular weight is 321 g/mol. The van der Waals surface area contributed by atoms with E-state index in [1.54, 1.807) is 25.2 Å². The van der Waals surface area contributed by atoms with E-state index in [0.717, 1.165) is 18.5 Å². The van der Waals surface area contributed by atoms with Crippen LogP contribution in [-0.4, -0.2) is 21.2 Å². The molecule has 0 aliphatic heterocycles. The summed E-state index contributed by atoms with van der Waals surface area (Å²) in [5, 5.41) is 9.89. The normalized spacial score (nSPS) is 17.1. The van der Waals surface area contributed by atoms with E-state index in [-0.39, 0.29) is 17.5 Å². The lowest BCUT2D eigenvalue weighted by atomic mass is 9.91. The second-order valence-corrected chi connectivity index (χ2v) is 7.26. The number of hydrogen-bond acceptors (Lipinski definition) is 6. The topological polar surface area (TPSA) is 92.9 Å². The van der Waals surface area contributed by atoms with Crippen LogP contribution in [0, 0.1) is 6.92 Å². The van der Waals surface area contributed by atoms with E-state index in [0.29, 0.717) is 16.8 Å². The Labute approximate surface area is 132 Å². The van der Waals surface area contributed by atoms with Crippen molar-refractivity contribution in [2.45, 2.75) is 52.0 Å². The molecule has 2 aromatic rings. The van der Waals surface area contributed by atoms with Gasteiger partial charge in [-0.05, 0) is 26.7 Å². The summed E-state index contributed by atoms with van der Waals surface area (Å²) in [6.45, 7) is 7.89. The number of amides is 2. The van der Waals surface area contributed by atoms with Crippen LogP contribution >= 0.6 is 11.3 Å². The van der Waals surface area contributed by atoms with E-state index < -0.39 is 0 Å². The fourth-order valence-corrected chi connectivity index (χ4v) is 3.67. The number of rotatable bonds is 3. The summed E-state index contributed by atoms with van der Waals surface area (Å²) in [5.74, 6) is 0.929. The van der Waals surface area contributed by atoms with E-state index in [2.05, 4.69) is 39.6 Å². The van der Waals surface area contributed by atoms with Crippen molar-refractivity contribution in [3.63, 3.8) is 0 Å². The maximum atomic E-state index is 12.0. The Balaban J connectivity index is 1.63. The van der Waals surface area contributed by atoms with Gasteiger partial charge in [0.05, 0.1) is 5.69 Å². The molecule has 22 heavy (non-hydrogen) atoms. The summed E-state index contributed by atoms with van der Waals surface area (Å²) in [7, 11) is 0. The van der Waals surface area contributed by atoms with Gasteiger partial charge in [0.1, 0.15) is 6.04 Å². The zero-order valence-corrected chi connectivity index (χ0v) is 13.9. The van der Waals surface area contributed by atoms with Gasteiger partial charge in [0.2, 0.25) is 5.89 Å². The first-order chi connectivity index (χ1) is 10.3. The molecule has 3 rings (SSSR count). The van der Waals surface area contributed by atoms with Crippen LogP contribution in [0.25, 0.3) is 0 Å². The van der Waals surface area contributed by atoms with E-state index in [4.69, 9.17) is 4.52 Å². The van der Waals surface area contributed by atoms with Crippen LogP contribution in [0.5, 0.6) is 0 Å². The molecule has 0 aromatic carbocycles. The molecule has 2 amide bonds. The highest BCUT2D eigenvalue weighted by molar-refractivity contribution is 7.16. The average Bonchev–Trinajstić information content (AvgIpc) is 3.08. The van der Waals surface area contributed by atoms with Crippen molar-refractivity contribution in [3.05, 3.63) is 22.3 Å². The molecule has 2 heterocycles. The summed E-state index contributed by atoms with van der Waals surface area (Å²) in [6, 6.07) is -0.682. The minimum Gasteiger partial charge on any atom is -0.337 e. The third-order valence-corrected chi connectivity index (χ3v) is 4.83. The number of aryl methyl sites for hydroxylation is 2. The maximum absolute atomic E-state index is 12.0. The van der Waals surface area contributed by atoms with Crippen molar-refractivity contribution in [2.75, 3.05) is 5.32 Å². The molecule has 118 valence electrons. The highest BCUT2D eigenvalue weighted by Gasteiger charge is 2.34. The number of carbonyl (C=O) groups is 1. The molecule has 1 aliphatic carbocycles. The zero-order chi connectivity index (χ0) is 15.9. The minimum atomic E-state index is -0.357. The number of nitrogens with zero attached hydrogens (tertiary/aromatic N) is 3. The van der Waals surface area contributed by atoms with Gasteiger partial charge in [-0.3, -0.25) is 5.32 Å². The molecule has 2 N–H and O–H groups in total. The highest BCUT2D eigenvalue weighted by atomic mass is 32.1. The zero-order valence-electron chi connectivity index (χ0n) is 13.1. The van der Waals surface area contributed by atoms with Gasteiger partial charge >= 0.3 is 6.03 Å². The molecule has 0 spiro atoms. The molecule has 0 saturated carbocycles. The molecule has 1 atom stereocenters. The number of anilines is 1. The van der Waals surface area contributed by atoms with Crippen molar-refractivity contribution < 1.29 is 9.32 Å². The quantitative estimate of drug-likeness (QED) is 0.906. The standard InChI is InChI=1S/C14H19N5O2S/c1-7(11-16-8(2)19-21-11)15-12(20)18-13-17-10-9(22-13)5-6-14(10,3)4/h7H,5-6H2,1-4H3,(H2,15,17,18,20)/t7-/m0/s1. The molecule has 1 aliphatic rings. The van der Waals surface area contributed by atoms with Gasteiger partial charge in [-0.2, -0.15) is 4.98 Å². The number of fused-ring (bicyclic) bond motifs is 1. The Morgan fingerprint density at radius 1 is 1.41 bits per heavy atom. The van der Waals surface area contributed by atoms with E-state index in [9.17, 15) is 4.79 Å². The van der Waals surface area contributed by atoms with Crippen molar-refractivity contribution in [3.8, 4) is 0 Å².